The summed E-state index contributed by atoms with van der Waals surface area (Å²) in [6.07, 6.45) is 0. The molecule has 0 fully saturated rings. The normalized spacial score (nSPS) is 11.4. The van der Waals surface area contributed by atoms with Crippen LogP contribution in [0.1, 0.15) is 16.7 Å². The monoisotopic (exact) mass is 324 g/mol. The second-order valence-corrected chi connectivity index (χ2v) is 6.90. The molecule has 0 atom stereocenters. The van der Waals surface area contributed by atoms with E-state index < -0.39 is 10.0 Å². The third kappa shape index (κ3) is 3.37. The lowest BCUT2D eigenvalue weighted by Gasteiger charge is -2.14. The van der Waals surface area contributed by atoms with Crippen LogP contribution in [-0.4, -0.2) is 8.42 Å². The molecule has 0 saturated carbocycles. The van der Waals surface area contributed by atoms with E-state index in [0.29, 0.717) is 21.8 Å². The van der Waals surface area contributed by atoms with E-state index in [1.165, 1.54) is 6.07 Å². The van der Waals surface area contributed by atoms with E-state index in [1.54, 1.807) is 25.1 Å². The van der Waals surface area contributed by atoms with Crippen LogP contribution < -0.4 is 10.5 Å². The fraction of sp³-hybridized carbons (Fsp3) is 0.200. The van der Waals surface area contributed by atoms with Crippen LogP contribution in [-0.2, 0) is 16.6 Å². The van der Waals surface area contributed by atoms with Crippen LogP contribution >= 0.6 is 11.6 Å². The Hall–Kier alpha value is -1.56. The van der Waals surface area contributed by atoms with Crippen molar-refractivity contribution in [3.8, 4) is 0 Å². The predicted octanol–water partition coefficient (Wildman–Crippen LogP) is 3.22. The fourth-order valence-electron chi connectivity index (χ4n) is 2.09. The van der Waals surface area contributed by atoms with Gasteiger partial charge in [-0.1, -0.05) is 29.8 Å². The van der Waals surface area contributed by atoms with E-state index in [-0.39, 0.29) is 11.4 Å². The number of aryl methyl sites for hydroxylation is 1. The molecule has 6 heteroatoms. The van der Waals surface area contributed by atoms with Crippen LogP contribution in [0.2, 0.25) is 5.02 Å². The summed E-state index contributed by atoms with van der Waals surface area (Å²) in [5.41, 5.74) is 8.36. The van der Waals surface area contributed by atoms with Gasteiger partial charge in [0.2, 0.25) is 0 Å². The van der Waals surface area contributed by atoms with Gasteiger partial charge >= 0.3 is 0 Å². The number of anilines is 1. The van der Waals surface area contributed by atoms with Crippen molar-refractivity contribution in [1.82, 2.24) is 0 Å². The second kappa shape index (κ2) is 6.05. The molecular weight excluding hydrogens is 308 g/mol. The van der Waals surface area contributed by atoms with E-state index in [1.807, 2.05) is 19.1 Å². The maximum atomic E-state index is 12.6. The molecule has 0 aromatic heterocycles. The summed E-state index contributed by atoms with van der Waals surface area (Å²) in [5.74, 6) is 0. The van der Waals surface area contributed by atoms with Crippen LogP contribution in [0.25, 0.3) is 0 Å². The molecule has 0 aliphatic carbocycles. The first kappa shape index (κ1) is 15.8. The fourth-order valence-corrected chi connectivity index (χ4v) is 3.84. The molecule has 2 rings (SSSR count). The summed E-state index contributed by atoms with van der Waals surface area (Å²) < 4.78 is 27.8. The number of nitrogens with two attached hydrogens (primary N) is 1. The van der Waals surface area contributed by atoms with Gasteiger partial charge in [0.25, 0.3) is 10.0 Å². The van der Waals surface area contributed by atoms with Crippen molar-refractivity contribution in [2.24, 2.45) is 5.73 Å². The molecule has 21 heavy (non-hydrogen) atoms. The molecule has 0 amide bonds. The van der Waals surface area contributed by atoms with Crippen molar-refractivity contribution < 1.29 is 8.42 Å². The van der Waals surface area contributed by atoms with E-state index in [9.17, 15) is 8.42 Å². The number of nitrogens with one attached hydrogen (secondary N) is 1. The quantitative estimate of drug-likeness (QED) is 0.907. The molecule has 0 radical (unpaired) electrons. The van der Waals surface area contributed by atoms with Crippen molar-refractivity contribution >= 4 is 27.3 Å². The zero-order chi connectivity index (χ0) is 15.6. The standard InChI is InChI=1S/C15H17ClN2O2S/c1-10-5-3-4-6-14(10)18-21(19,20)15-8-13(16)7-12(9-17)11(15)2/h3-8,18H,9,17H2,1-2H3. The molecule has 0 aliphatic rings. The van der Waals surface area contributed by atoms with Gasteiger partial charge in [0.15, 0.2) is 0 Å². The number of sulfonamides is 1. The molecule has 4 nitrogen and oxygen atoms in total. The van der Waals surface area contributed by atoms with Gasteiger partial charge < -0.3 is 5.73 Å². The predicted molar refractivity (Wildman–Crippen MR) is 86.1 cm³/mol. The van der Waals surface area contributed by atoms with Gasteiger partial charge in [0.05, 0.1) is 10.6 Å². The Bertz CT molecular complexity index is 773. The lowest BCUT2D eigenvalue weighted by Crippen LogP contribution is -2.16. The first-order chi connectivity index (χ1) is 9.85. The van der Waals surface area contributed by atoms with E-state index in [4.69, 9.17) is 17.3 Å². The molecule has 2 aromatic rings. The van der Waals surface area contributed by atoms with Gasteiger partial charge in [-0.2, -0.15) is 0 Å². The van der Waals surface area contributed by atoms with Crippen molar-refractivity contribution in [2.45, 2.75) is 25.3 Å². The number of rotatable bonds is 4. The first-order valence-corrected chi connectivity index (χ1v) is 8.29. The maximum absolute atomic E-state index is 12.6. The largest absolute Gasteiger partial charge is 0.326 e. The summed E-state index contributed by atoms with van der Waals surface area (Å²) in [6.45, 7) is 3.80. The summed E-state index contributed by atoms with van der Waals surface area (Å²) in [7, 11) is -3.71. The van der Waals surface area contributed by atoms with Gasteiger partial charge in [-0.15, -0.1) is 0 Å². The van der Waals surface area contributed by atoms with Gasteiger partial charge in [0.1, 0.15) is 0 Å². The Morgan fingerprint density at radius 3 is 2.48 bits per heavy atom. The minimum atomic E-state index is -3.71. The SMILES string of the molecule is Cc1ccccc1NS(=O)(=O)c1cc(Cl)cc(CN)c1C. The van der Waals surface area contributed by atoms with Crippen LogP contribution in [0.3, 0.4) is 0 Å². The molecule has 112 valence electrons. The number of hydrogen-bond donors (Lipinski definition) is 2. The molecule has 0 spiro atoms. The van der Waals surface area contributed by atoms with Crippen LogP contribution in [0.15, 0.2) is 41.3 Å². The third-order valence-electron chi connectivity index (χ3n) is 3.33. The highest BCUT2D eigenvalue weighted by atomic mass is 35.5. The van der Waals surface area contributed by atoms with Gasteiger partial charge in [-0.3, -0.25) is 4.72 Å². The Morgan fingerprint density at radius 1 is 1.19 bits per heavy atom. The molecule has 3 N–H and O–H groups in total. The van der Waals surface area contributed by atoms with Gasteiger partial charge in [-0.25, -0.2) is 8.42 Å². The maximum Gasteiger partial charge on any atom is 0.262 e. The summed E-state index contributed by atoms with van der Waals surface area (Å²) in [5, 5.41) is 0.353. The molecule has 0 aliphatic heterocycles. The number of hydrogen-bond acceptors (Lipinski definition) is 3. The Morgan fingerprint density at radius 2 is 1.86 bits per heavy atom. The average molecular weight is 325 g/mol. The minimum Gasteiger partial charge on any atom is -0.326 e. The molecule has 0 saturated heterocycles. The van der Waals surface area contributed by atoms with Crippen LogP contribution in [0.4, 0.5) is 5.69 Å². The van der Waals surface area contributed by atoms with Gasteiger partial charge in [0, 0.05) is 11.6 Å². The zero-order valence-corrected chi connectivity index (χ0v) is 13.4. The summed E-state index contributed by atoms with van der Waals surface area (Å²) in [4.78, 5) is 0.152. The van der Waals surface area contributed by atoms with Crippen molar-refractivity contribution in [2.75, 3.05) is 4.72 Å². The van der Waals surface area contributed by atoms with Gasteiger partial charge in [-0.05, 0) is 48.7 Å². The number of benzene rings is 2. The second-order valence-electron chi connectivity index (χ2n) is 4.81. The number of halogens is 1. The molecule has 0 heterocycles. The highest BCUT2D eigenvalue weighted by molar-refractivity contribution is 7.92. The summed E-state index contributed by atoms with van der Waals surface area (Å²) in [6, 6.07) is 10.3. The lowest BCUT2D eigenvalue weighted by atomic mass is 10.1. The third-order valence-corrected chi connectivity index (χ3v) is 5.04. The molecule has 2 aromatic carbocycles. The zero-order valence-electron chi connectivity index (χ0n) is 11.9. The first-order valence-electron chi connectivity index (χ1n) is 6.42. The Labute approximate surface area is 130 Å². The number of para-hydroxylation sites is 1. The van der Waals surface area contributed by atoms with Crippen molar-refractivity contribution in [1.29, 1.82) is 0 Å². The van der Waals surface area contributed by atoms with Crippen LogP contribution in [0, 0.1) is 13.8 Å². The smallest absolute Gasteiger partial charge is 0.262 e. The Balaban J connectivity index is 2.50. The highest BCUT2D eigenvalue weighted by Gasteiger charge is 2.20. The molecule has 0 unspecified atom stereocenters. The van der Waals surface area contributed by atoms with E-state index >= 15 is 0 Å². The average Bonchev–Trinajstić information content (AvgIpc) is 2.43. The molecule has 0 bridgehead atoms. The topological polar surface area (TPSA) is 72.2 Å². The van der Waals surface area contributed by atoms with E-state index in [0.717, 1.165) is 5.56 Å². The highest BCUT2D eigenvalue weighted by Crippen LogP contribution is 2.26. The molecular formula is C15H17ClN2O2S. The summed E-state index contributed by atoms with van der Waals surface area (Å²) >= 11 is 5.99. The van der Waals surface area contributed by atoms with Crippen molar-refractivity contribution in [3.63, 3.8) is 0 Å². The lowest BCUT2D eigenvalue weighted by molar-refractivity contribution is 0.600. The van der Waals surface area contributed by atoms with E-state index in [2.05, 4.69) is 4.72 Å². The Kier molecular flexibility index (Phi) is 4.56. The van der Waals surface area contributed by atoms with Crippen LogP contribution in [0.5, 0.6) is 0 Å². The minimum absolute atomic E-state index is 0.152. The van der Waals surface area contributed by atoms with Crippen molar-refractivity contribution in [3.05, 3.63) is 58.1 Å².